The molecular weight excluding hydrogens is 273 g/mol. The van der Waals surface area contributed by atoms with Gasteiger partial charge >= 0.3 is 0 Å². The van der Waals surface area contributed by atoms with Crippen LogP contribution in [0, 0.1) is 0 Å². The van der Waals surface area contributed by atoms with E-state index in [1.165, 1.54) is 0 Å². The zero-order valence-electron chi connectivity index (χ0n) is 10.1. The largest absolute Gasteiger partial charge is 0.369 e. The summed E-state index contributed by atoms with van der Waals surface area (Å²) >= 11 is 12.3. The van der Waals surface area contributed by atoms with E-state index in [0.717, 1.165) is 31.9 Å². The van der Waals surface area contributed by atoms with Crippen LogP contribution in [-0.4, -0.2) is 39.1 Å². The Morgan fingerprint density at radius 2 is 1.83 bits per heavy atom. The van der Waals surface area contributed by atoms with Crippen molar-refractivity contribution in [1.29, 1.82) is 0 Å². The third-order valence-electron chi connectivity index (χ3n) is 2.96. The molecule has 1 saturated heterocycles. The second kappa shape index (κ2) is 5.78. The highest BCUT2D eigenvalue weighted by atomic mass is 35.5. The lowest BCUT2D eigenvalue weighted by Crippen LogP contribution is -2.43. The molecule has 1 aliphatic rings. The number of hydrogen-bond donors (Lipinski definition) is 2. The van der Waals surface area contributed by atoms with E-state index in [1.807, 2.05) is 0 Å². The minimum atomic E-state index is -0.267. The monoisotopic (exact) mass is 287 g/mol. The second-order valence-electron chi connectivity index (χ2n) is 4.10. The van der Waals surface area contributed by atoms with E-state index in [0.29, 0.717) is 15.6 Å². The molecule has 1 amide bonds. The molecule has 0 atom stereocenters. The summed E-state index contributed by atoms with van der Waals surface area (Å²) in [6, 6.07) is 3.59. The molecule has 1 heterocycles. The van der Waals surface area contributed by atoms with Gasteiger partial charge in [0.2, 0.25) is 0 Å². The molecule has 18 heavy (non-hydrogen) atoms. The van der Waals surface area contributed by atoms with Crippen LogP contribution in [0.25, 0.3) is 0 Å². The molecule has 1 aromatic carbocycles. The Balaban J connectivity index is 2.32. The zero-order valence-corrected chi connectivity index (χ0v) is 11.6. The standard InChI is InChI=1S/C12H15Cl2N3O/c1-15-12(18)11-9(13)6-8(7-10(11)14)17-4-2-16-3-5-17/h6-7,16H,2-5H2,1H3,(H,15,18). The maximum Gasteiger partial charge on any atom is 0.254 e. The number of nitrogens with one attached hydrogen (secondary N) is 2. The normalized spacial score (nSPS) is 15.6. The predicted octanol–water partition coefficient (Wildman–Crippen LogP) is 1.76. The van der Waals surface area contributed by atoms with E-state index < -0.39 is 0 Å². The fraction of sp³-hybridized carbons (Fsp3) is 0.417. The quantitative estimate of drug-likeness (QED) is 0.871. The topological polar surface area (TPSA) is 44.4 Å². The molecule has 0 aliphatic carbocycles. The lowest BCUT2D eigenvalue weighted by Gasteiger charge is -2.30. The average Bonchev–Trinajstić information content (AvgIpc) is 2.38. The van der Waals surface area contributed by atoms with Gasteiger partial charge in [-0.15, -0.1) is 0 Å². The summed E-state index contributed by atoms with van der Waals surface area (Å²) in [5, 5.41) is 6.58. The van der Waals surface area contributed by atoms with Crippen molar-refractivity contribution in [3.05, 3.63) is 27.7 Å². The number of carbonyl (C=O) groups is 1. The molecule has 1 aliphatic heterocycles. The van der Waals surface area contributed by atoms with Crippen molar-refractivity contribution in [1.82, 2.24) is 10.6 Å². The molecule has 98 valence electrons. The number of carbonyl (C=O) groups excluding carboxylic acids is 1. The van der Waals surface area contributed by atoms with E-state index in [4.69, 9.17) is 23.2 Å². The van der Waals surface area contributed by atoms with Crippen LogP contribution in [0.3, 0.4) is 0 Å². The van der Waals surface area contributed by atoms with Gasteiger partial charge in [-0.3, -0.25) is 4.79 Å². The highest BCUT2D eigenvalue weighted by Crippen LogP contribution is 2.31. The Morgan fingerprint density at radius 3 is 2.33 bits per heavy atom. The van der Waals surface area contributed by atoms with Gasteiger partial charge in [0.15, 0.2) is 0 Å². The molecule has 1 fully saturated rings. The van der Waals surface area contributed by atoms with Crippen molar-refractivity contribution < 1.29 is 4.79 Å². The van der Waals surface area contributed by atoms with Crippen LogP contribution in [-0.2, 0) is 0 Å². The third-order valence-corrected chi connectivity index (χ3v) is 3.56. The summed E-state index contributed by atoms with van der Waals surface area (Å²) in [6.45, 7) is 3.69. The predicted molar refractivity (Wildman–Crippen MR) is 74.9 cm³/mol. The Hall–Kier alpha value is -0.970. The summed E-state index contributed by atoms with van der Waals surface area (Å²) in [7, 11) is 1.55. The molecule has 0 bridgehead atoms. The van der Waals surface area contributed by atoms with E-state index in [9.17, 15) is 4.79 Å². The molecule has 0 unspecified atom stereocenters. The summed E-state index contributed by atoms with van der Waals surface area (Å²) in [6.07, 6.45) is 0. The summed E-state index contributed by atoms with van der Waals surface area (Å²) in [5.74, 6) is -0.267. The van der Waals surface area contributed by atoms with Gasteiger partial charge in [-0.2, -0.15) is 0 Å². The van der Waals surface area contributed by atoms with Crippen molar-refractivity contribution in [3.63, 3.8) is 0 Å². The van der Waals surface area contributed by atoms with Gasteiger partial charge in [-0.1, -0.05) is 23.2 Å². The number of anilines is 1. The van der Waals surface area contributed by atoms with Gasteiger partial charge in [-0.05, 0) is 12.1 Å². The van der Waals surface area contributed by atoms with E-state index in [1.54, 1.807) is 19.2 Å². The van der Waals surface area contributed by atoms with Crippen LogP contribution in [0.2, 0.25) is 10.0 Å². The molecular formula is C12H15Cl2N3O. The van der Waals surface area contributed by atoms with Gasteiger partial charge in [-0.25, -0.2) is 0 Å². The van der Waals surface area contributed by atoms with Gasteiger partial charge in [0.05, 0.1) is 15.6 Å². The van der Waals surface area contributed by atoms with Crippen LogP contribution in [0.5, 0.6) is 0 Å². The van der Waals surface area contributed by atoms with E-state index in [2.05, 4.69) is 15.5 Å². The first-order chi connectivity index (χ1) is 8.63. The Morgan fingerprint density at radius 1 is 1.28 bits per heavy atom. The average molecular weight is 288 g/mol. The fourth-order valence-electron chi connectivity index (χ4n) is 2.01. The number of nitrogens with zero attached hydrogens (tertiary/aromatic N) is 1. The first kappa shape index (κ1) is 13.5. The lowest BCUT2D eigenvalue weighted by atomic mass is 10.1. The van der Waals surface area contributed by atoms with Crippen molar-refractivity contribution >= 4 is 34.8 Å². The van der Waals surface area contributed by atoms with Crippen molar-refractivity contribution in [2.75, 3.05) is 38.1 Å². The summed E-state index contributed by atoms with van der Waals surface area (Å²) in [4.78, 5) is 13.8. The van der Waals surface area contributed by atoms with Crippen LogP contribution in [0.15, 0.2) is 12.1 Å². The number of rotatable bonds is 2. The third kappa shape index (κ3) is 2.71. The number of benzene rings is 1. The molecule has 2 rings (SSSR count). The van der Waals surface area contributed by atoms with Gasteiger partial charge in [0.25, 0.3) is 5.91 Å². The first-order valence-corrected chi connectivity index (χ1v) is 6.56. The van der Waals surface area contributed by atoms with Crippen molar-refractivity contribution in [2.24, 2.45) is 0 Å². The fourth-order valence-corrected chi connectivity index (χ4v) is 2.65. The van der Waals surface area contributed by atoms with Crippen LogP contribution in [0.1, 0.15) is 10.4 Å². The Bertz CT molecular complexity index is 436. The number of hydrogen-bond acceptors (Lipinski definition) is 3. The van der Waals surface area contributed by atoms with Gasteiger partial charge < -0.3 is 15.5 Å². The minimum Gasteiger partial charge on any atom is -0.369 e. The van der Waals surface area contributed by atoms with Gasteiger partial charge in [0.1, 0.15) is 0 Å². The number of amides is 1. The zero-order chi connectivity index (χ0) is 13.1. The molecule has 0 radical (unpaired) electrons. The first-order valence-electron chi connectivity index (χ1n) is 5.80. The summed E-state index contributed by atoms with van der Waals surface area (Å²) in [5.41, 5.74) is 1.29. The molecule has 4 nitrogen and oxygen atoms in total. The SMILES string of the molecule is CNC(=O)c1c(Cl)cc(N2CCNCC2)cc1Cl. The Kier molecular flexibility index (Phi) is 4.32. The lowest BCUT2D eigenvalue weighted by molar-refractivity contribution is 0.0963. The highest BCUT2D eigenvalue weighted by Gasteiger charge is 2.18. The Labute approximate surface area is 116 Å². The summed E-state index contributed by atoms with van der Waals surface area (Å²) < 4.78 is 0. The van der Waals surface area contributed by atoms with Crippen molar-refractivity contribution in [2.45, 2.75) is 0 Å². The van der Waals surface area contributed by atoms with E-state index in [-0.39, 0.29) is 5.91 Å². The number of piperazine rings is 1. The van der Waals surface area contributed by atoms with Crippen LogP contribution in [0.4, 0.5) is 5.69 Å². The smallest absolute Gasteiger partial charge is 0.254 e. The van der Waals surface area contributed by atoms with Gasteiger partial charge in [0, 0.05) is 38.9 Å². The number of halogens is 2. The van der Waals surface area contributed by atoms with Crippen LogP contribution >= 0.6 is 23.2 Å². The maximum atomic E-state index is 11.6. The van der Waals surface area contributed by atoms with Crippen LogP contribution < -0.4 is 15.5 Å². The van der Waals surface area contributed by atoms with E-state index >= 15 is 0 Å². The van der Waals surface area contributed by atoms with Crippen molar-refractivity contribution in [3.8, 4) is 0 Å². The minimum absolute atomic E-state index is 0.267. The molecule has 1 aromatic rings. The molecule has 6 heteroatoms. The second-order valence-corrected chi connectivity index (χ2v) is 4.91. The highest BCUT2D eigenvalue weighted by molar-refractivity contribution is 6.40. The molecule has 0 spiro atoms. The molecule has 0 aromatic heterocycles. The maximum absolute atomic E-state index is 11.6. The molecule has 2 N–H and O–H groups in total. The molecule has 0 saturated carbocycles.